The quantitative estimate of drug-likeness (QED) is 0.673. The number of carbonyl (C=O) groups is 3. The van der Waals surface area contributed by atoms with Crippen LogP contribution in [0.1, 0.15) is 20.3 Å². The molecule has 164 valence electrons. The number of hydrogen-bond donors (Lipinski definition) is 1. The van der Waals surface area contributed by atoms with Crippen LogP contribution in [0, 0.1) is 0 Å². The first-order chi connectivity index (χ1) is 14.8. The van der Waals surface area contributed by atoms with Crippen molar-refractivity contribution in [3.8, 4) is 5.75 Å². The first kappa shape index (κ1) is 22.9. The molecule has 31 heavy (non-hydrogen) atoms. The monoisotopic (exact) mass is 463 g/mol. The molecule has 0 bridgehead atoms. The molecule has 0 saturated heterocycles. The third kappa shape index (κ3) is 5.29. The number of anilines is 2. The maximum absolute atomic E-state index is 12.8. The van der Waals surface area contributed by atoms with Gasteiger partial charge in [0.25, 0.3) is 5.91 Å². The summed E-state index contributed by atoms with van der Waals surface area (Å²) in [5, 5.41) is 3.28. The number of nitrogens with zero attached hydrogens (tertiary/aromatic N) is 2. The van der Waals surface area contributed by atoms with Crippen molar-refractivity contribution < 1.29 is 19.1 Å². The largest absolute Gasteiger partial charge is 0.479 e. The fourth-order valence-electron chi connectivity index (χ4n) is 3.30. The lowest BCUT2D eigenvalue weighted by Crippen LogP contribution is -2.46. The highest BCUT2D eigenvalue weighted by molar-refractivity contribution is 6.39. The molecule has 0 spiro atoms. The van der Waals surface area contributed by atoms with Crippen molar-refractivity contribution >= 4 is 52.3 Å². The van der Waals surface area contributed by atoms with Crippen LogP contribution in [0.3, 0.4) is 0 Å². The molecule has 2 aromatic carbocycles. The number of rotatable bonds is 7. The van der Waals surface area contributed by atoms with Crippen LogP contribution in [0.5, 0.6) is 5.75 Å². The van der Waals surface area contributed by atoms with Crippen LogP contribution in [0.25, 0.3) is 0 Å². The first-order valence-corrected chi connectivity index (χ1v) is 10.7. The summed E-state index contributed by atoms with van der Waals surface area (Å²) in [5.41, 5.74) is 0.941. The summed E-state index contributed by atoms with van der Waals surface area (Å²) in [7, 11) is 0. The lowest BCUT2D eigenvalue weighted by molar-refractivity contribution is -0.134. The van der Waals surface area contributed by atoms with Crippen LogP contribution in [0.15, 0.2) is 42.5 Å². The Kier molecular flexibility index (Phi) is 7.41. The Bertz CT molecular complexity index is 978. The highest BCUT2D eigenvalue weighted by atomic mass is 35.5. The number of carbonyl (C=O) groups excluding carboxylic acids is 3. The van der Waals surface area contributed by atoms with Gasteiger partial charge in [-0.05, 0) is 38.1 Å². The highest BCUT2D eigenvalue weighted by Crippen LogP contribution is 2.33. The van der Waals surface area contributed by atoms with Crippen molar-refractivity contribution in [2.75, 3.05) is 29.9 Å². The summed E-state index contributed by atoms with van der Waals surface area (Å²) < 4.78 is 5.62. The lowest BCUT2D eigenvalue weighted by atomic mass is 10.1. The van der Waals surface area contributed by atoms with Crippen molar-refractivity contribution in [1.82, 2.24) is 4.90 Å². The molecule has 0 aromatic heterocycles. The minimum Gasteiger partial charge on any atom is -0.479 e. The Morgan fingerprint density at radius 3 is 2.48 bits per heavy atom. The molecule has 3 rings (SSSR count). The molecule has 1 heterocycles. The molecular formula is C22H23Cl2N3O4. The van der Waals surface area contributed by atoms with Gasteiger partial charge in [0, 0.05) is 19.5 Å². The summed E-state index contributed by atoms with van der Waals surface area (Å²) in [6.07, 6.45) is -0.556. The van der Waals surface area contributed by atoms with Gasteiger partial charge in [-0.25, -0.2) is 0 Å². The molecule has 1 aliphatic heterocycles. The molecule has 7 nitrogen and oxygen atoms in total. The molecule has 2 aromatic rings. The zero-order valence-electron chi connectivity index (χ0n) is 17.2. The normalized spacial score (nSPS) is 15.2. The van der Waals surface area contributed by atoms with E-state index in [9.17, 15) is 14.4 Å². The van der Waals surface area contributed by atoms with E-state index in [1.165, 1.54) is 4.90 Å². The van der Waals surface area contributed by atoms with Crippen LogP contribution in [0.4, 0.5) is 11.4 Å². The van der Waals surface area contributed by atoms with Gasteiger partial charge in [-0.15, -0.1) is 0 Å². The topological polar surface area (TPSA) is 79.0 Å². The van der Waals surface area contributed by atoms with Gasteiger partial charge in [-0.1, -0.05) is 41.4 Å². The Balaban J connectivity index is 1.62. The predicted molar refractivity (Wildman–Crippen MR) is 121 cm³/mol. The Morgan fingerprint density at radius 2 is 1.81 bits per heavy atom. The molecule has 1 N–H and O–H groups in total. The number of fused-ring (bicyclic) bond motifs is 1. The van der Waals surface area contributed by atoms with Crippen LogP contribution >= 0.6 is 23.2 Å². The van der Waals surface area contributed by atoms with Gasteiger partial charge in [0.2, 0.25) is 11.8 Å². The lowest BCUT2D eigenvalue weighted by Gasteiger charge is -2.33. The number of para-hydroxylation sites is 3. The average molecular weight is 464 g/mol. The molecule has 0 fully saturated rings. The number of likely N-dealkylation sites (N-methyl/N-ethyl adjacent to an activating group) is 1. The number of nitrogens with one attached hydrogen (secondary N) is 1. The molecule has 0 radical (unpaired) electrons. The number of halogens is 2. The second-order valence-corrected chi connectivity index (χ2v) is 7.83. The Morgan fingerprint density at radius 1 is 1.13 bits per heavy atom. The third-order valence-corrected chi connectivity index (χ3v) is 5.55. The Labute approximate surface area is 190 Å². The van der Waals surface area contributed by atoms with Crippen molar-refractivity contribution in [3.05, 3.63) is 52.5 Å². The maximum Gasteiger partial charge on any atom is 0.267 e. The number of benzene rings is 2. The zero-order valence-corrected chi connectivity index (χ0v) is 18.7. The molecule has 3 amide bonds. The smallest absolute Gasteiger partial charge is 0.267 e. The van der Waals surface area contributed by atoms with Crippen molar-refractivity contribution in [2.24, 2.45) is 0 Å². The van der Waals surface area contributed by atoms with E-state index in [2.05, 4.69) is 5.32 Å². The zero-order chi connectivity index (χ0) is 22.5. The van der Waals surface area contributed by atoms with Crippen molar-refractivity contribution in [1.29, 1.82) is 0 Å². The molecule has 1 atom stereocenters. The van der Waals surface area contributed by atoms with Gasteiger partial charge in [0.05, 0.1) is 28.0 Å². The second-order valence-electron chi connectivity index (χ2n) is 7.02. The van der Waals surface area contributed by atoms with Crippen LogP contribution in [0.2, 0.25) is 10.0 Å². The van der Waals surface area contributed by atoms with Gasteiger partial charge in [0.15, 0.2) is 6.10 Å². The van der Waals surface area contributed by atoms with E-state index in [1.807, 2.05) is 12.1 Å². The van der Waals surface area contributed by atoms with E-state index in [1.54, 1.807) is 49.1 Å². The summed E-state index contributed by atoms with van der Waals surface area (Å²) in [6, 6.07) is 12.1. The average Bonchev–Trinajstić information content (AvgIpc) is 2.75. The van der Waals surface area contributed by atoms with E-state index in [0.29, 0.717) is 33.7 Å². The summed E-state index contributed by atoms with van der Waals surface area (Å²) in [5.74, 6) is -0.259. The maximum atomic E-state index is 12.8. The van der Waals surface area contributed by atoms with Crippen molar-refractivity contribution in [2.45, 2.75) is 26.4 Å². The number of amides is 3. The van der Waals surface area contributed by atoms with E-state index in [-0.39, 0.29) is 31.3 Å². The van der Waals surface area contributed by atoms with Gasteiger partial charge < -0.3 is 19.9 Å². The van der Waals surface area contributed by atoms with Crippen molar-refractivity contribution in [3.63, 3.8) is 0 Å². The highest BCUT2D eigenvalue weighted by Gasteiger charge is 2.31. The van der Waals surface area contributed by atoms with Gasteiger partial charge in [-0.3, -0.25) is 14.4 Å². The van der Waals surface area contributed by atoms with E-state index >= 15 is 0 Å². The molecule has 9 heteroatoms. The molecule has 0 aliphatic carbocycles. The van der Waals surface area contributed by atoms with Crippen LogP contribution < -0.4 is 15.0 Å². The standard InChI is InChI=1S/C22H23Cl2N3O4/c1-3-26(13-19(28)25-21-15(23)7-6-8-16(21)24)20(29)11-12-27-17-9-4-5-10-18(17)31-14(2)22(27)30/h4-10,14H,3,11-13H2,1-2H3,(H,25,28)/t14-/m1/s1. The van der Waals surface area contributed by atoms with Gasteiger partial charge >= 0.3 is 0 Å². The van der Waals surface area contributed by atoms with Gasteiger partial charge in [-0.2, -0.15) is 0 Å². The number of hydrogen-bond acceptors (Lipinski definition) is 4. The number of ether oxygens (including phenoxy) is 1. The van der Waals surface area contributed by atoms with E-state index in [0.717, 1.165) is 0 Å². The van der Waals surface area contributed by atoms with Crippen LogP contribution in [-0.2, 0) is 14.4 Å². The molecular weight excluding hydrogens is 441 g/mol. The SMILES string of the molecule is CCN(CC(=O)Nc1c(Cl)cccc1Cl)C(=O)CCN1C(=O)[C@@H](C)Oc2ccccc21. The fraction of sp³-hybridized carbons (Fsp3) is 0.318. The second kappa shape index (κ2) is 10.0. The van der Waals surface area contributed by atoms with Crippen LogP contribution in [-0.4, -0.2) is 48.4 Å². The minimum atomic E-state index is -0.626. The van der Waals surface area contributed by atoms with E-state index in [4.69, 9.17) is 27.9 Å². The minimum absolute atomic E-state index is 0.0702. The Hall–Kier alpha value is -2.77. The molecule has 1 aliphatic rings. The molecule has 0 saturated carbocycles. The summed E-state index contributed by atoms with van der Waals surface area (Å²) in [6.45, 7) is 3.84. The van der Waals surface area contributed by atoms with Gasteiger partial charge in [0.1, 0.15) is 5.75 Å². The third-order valence-electron chi connectivity index (χ3n) is 4.92. The predicted octanol–water partition coefficient (Wildman–Crippen LogP) is 3.98. The van der Waals surface area contributed by atoms with E-state index < -0.39 is 12.0 Å². The fourth-order valence-corrected chi connectivity index (χ4v) is 3.79. The summed E-state index contributed by atoms with van der Waals surface area (Å²) in [4.78, 5) is 40.8. The first-order valence-electron chi connectivity index (χ1n) is 9.90. The molecule has 0 unspecified atom stereocenters. The summed E-state index contributed by atoms with van der Waals surface area (Å²) >= 11 is 12.2.